The molecule has 24 heavy (non-hydrogen) atoms. The Bertz CT molecular complexity index is 782. The molecule has 2 aliphatic heterocycles. The van der Waals surface area contributed by atoms with Crippen LogP contribution in [0.15, 0.2) is 24.3 Å². The zero-order valence-corrected chi connectivity index (χ0v) is 14.1. The van der Waals surface area contributed by atoms with Crippen LogP contribution in [0.1, 0.15) is 31.1 Å². The molecule has 1 aromatic carbocycles. The SMILES string of the molecule is COC(=O)[C@@H]1Cc2c([nH]c3ccccc23)[C@@H]([C@@H]2COC(C)(C)O2)N1. The second-order valence-corrected chi connectivity index (χ2v) is 6.85. The van der Waals surface area contributed by atoms with Crippen molar-refractivity contribution in [1.29, 1.82) is 0 Å². The maximum atomic E-state index is 12.2. The fourth-order valence-corrected chi connectivity index (χ4v) is 3.74. The molecule has 2 N–H and O–H groups in total. The lowest BCUT2D eigenvalue weighted by Crippen LogP contribution is -2.49. The molecule has 0 bridgehead atoms. The molecule has 0 unspecified atom stereocenters. The highest BCUT2D eigenvalue weighted by Crippen LogP contribution is 2.37. The summed E-state index contributed by atoms with van der Waals surface area (Å²) in [6, 6.07) is 7.61. The van der Waals surface area contributed by atoms with E-state index in [2.05, 4.69) is 16.4 Å². The van der Waals surface area contributed by atoms with Gasteiger partial charge in [-0.25, -0.2) is 0 Å². The monoisotopic (exact) mass is 330 g/mol. The zero-order chi connectivity index (χ0) is 16.9. The molecule has 3 atom stereocenters. The minimum Gasteiger partial charge on any atom is -0.468 e. The Labute approximate surface area is 140 Å². The van der Waals surface area contributed by atoms with E-state index in [1.54, 1.807) is 0 Å². The van der Waals surface area contributed by atoms with E-state index in [1.807, 2.05) is 32.0 Å². The Morgan fingerprint density at radius 3 is 2.83 bits per heavy atom. The fourth-order valence-electron chi connectivity index (χ4n) is 3.74. The molecule has 0 saturated carbocycles. The van der Waals surface area contributed by atoms with Gasteiger partial charge in [-0.15, -0.1) is 0 Å². The Balaban J connectivity index is 1.77. The van der Waals surface area contributed by atoms with Crippen LogP contribution in [-0.2, 0) is 25.4 Å². The molecule has 1 aromatic heterocycles. The number of benzene rings is 1. The molecule has 1 saturated heterocycles. The van der Waals surface area contributed by atoms with Gasteiger partial charge in [0.25, 0.3) is 0 Å². The van der Waals surface area contributed by atoms with Crippen molar-refractivity contribution in [2.45, 2.75) is 44.2 Å². The van der Waals surface area contributed by atoms with E-state index < -0.39 is 5.79 Å². The summed E-state index contributed by atoms with van der Waals surface area (Å²) in [6.07, 6.45) is 0.429. The molecule has 0 amide bonds. The number of rotatable bonds is 2. The van der Waals surface area contributed by atoms with Gasteiger partial charge in [-0.2, -0.15) is 0 Å². The second-order valence-electron chi connectivity index (χ2n) is 6.85. The minimum absolute atomic E-state index is 0.146. The van der Waals surface area contributed by atoms with Crippen molar-refractivity contribution in [3.8, 4) is 0 Å². The first kappa shape index (κ1) is 15.6. The number of ether oxygens (including phenoxy) is 3. The van der Waals surface area contributed by atoms with Crippen LogP contribution in [0.4, 0.5) is 0 Å². The van der Waals surface area contributed by atoms with E-state index in [1.165, 1.54) is 7.11 Å². The number of aromatic nitrogens is 1. The number of hydrogen-bond donors (Lipinski definition) is 2. The number of H-pyrrole nitrogens is 1. The van der Waals surface area contributed by atoms with Crippen LogP contribution >= 0.6 is 0 Å². The summed E-state index contributed by atoms with van der Waals surface area (Å²) < 4.78 is 16.7. The first-order valence-electron chi connectivity index (χ1n) is 8.23. The highest BCUT2D eigenvalue weighted by molar-refractivity contribution is 5.87. The lowest BCUT2D eigenvalue weighted by Gasteiger charge is -2.33. The van der Waals surface area contributed by atoms with E-state index in [9.17, 15) is 4.79 Å². The number of nitrogens with one attached hydrogen (secondary N) is 2. The molecule has 128 valence electrons. The number of aromatic amines is 1. The van der Waals surface area contributed by atoms with Crippen LogP contribution < -0.4 is 5.32 Å². The maximum Gasteiger partial charge on any atom is 0.323 e. The number of carbonyl (C=O) groups excluding carboxylic acids is 1. The van der Waals surface area contributed by atoms with E-state index in [4.69, 9.17) is 14.2 Å². The highest BCUT2D eigenvalue weighted by atomic mass is 16.7. The number of carbonyl (C=O) groups is 1. The first-order valence-corrected chi connectivity index (χ1v) is 8.23. The quantitative estimate of drug-likeness (QED) is 0.825. The van der Waals surface area contributed by atoms with E-state index in [0.29, 0.717) is 13.0 Å². The second kappa shape index (κ2) is 5.58. The molecule has 1 fully saturated rings. The smallest absolute Gasteiger partial charge is 0.323 e. The molecule has 0 radical (unpaired) electrons. The zero-order valence-electron chi connectivity index (χ0n) is 14.1. The van der Waals surface area contributed by atoms with Gasteiger partial charge in [0.15, 0.2) is 5.79 Å². The van der Waals surface area contributed by atoms with Crippen molar-refractivity contribution in [2.24, 2.45) is 0 Å². The maximum absolute atomic E-state index is 12.2. The summed E-state index contributed by atoms with van der Waals surface area (Å²) in [5.74, 6) is -0.870. The van der Waals surface area contributed by atoms with Crippen LogP contribution in [0.5, 0.6) is 0 Å². The third-order valence-corrected chi connectivity index (χ3v) is 4.83. The predicted molar refractivity (Wildman–Crippen MR) is 88.6 cm³/mol. The van der Waals surface area contributed by atoms with Gasteiger partial charge in [-0.1, -0.05) is 18.2 Å². The number of hydrogen-bond acceptors (Lipinski definition) is 5. The number of esters is 1. The summed E-state index contributed by atoms with van der Waals surface area (Å²) in [7, 11) is 1.42. The predicted octanol–water partition coefficient (Wildman–Crippen LogP) is 2.05. The van der Waals surface area contributed by atoms with Gasteiger partial charge in [0, 0.05) is 23.0 Å². The van der Waals surface area contributed by atoms with Crippen molar-refractivity contribution in [2.75, 3.05) is 13.7 Å². The average Bonchev–Trinajstić information content (AvgIpc) is 3.13. The Hall–Kier alpha value is -1.89. The van der Waals surface area contributed by atoms with Crippen molar-refractivity contribution in [1.82, 2.24) is 10.3 Å². The Morgan fingerprint density at radius 1 is 1.33 bits per heavy atom. The van der Waals surface area contributed by atoms with E-state index in [0.717, 1.165) is 22.2 Å². The summed E-state index contributed by atoms with van der Waals surface area (Å²) in [5.41, 5.74) is 3.29. The normalized spacial score (nSPS) is 28.7. The third-order valence-electron chi connectivity index (χ3n) is 4.83. The summed E-state index contributed by atoms with van der Waals surface area (Å²) in [6.45, 7) is 4.28. The largest absolute Gasteiger partial charge is 0.468 e. The molecule has 6 nitrogen and oxygen atoms in total. The van der Waals surface area contributed by atoms with Crippen molar-refractivity contribution in [3.63, 3.8) is 0 Å². The Morgan fingerprint density at radius 2 is 2.12 bits per heavy atom. The van der Waals surface area contributed by atoms with Gasteiger partial charge in [-0.3, -0.25) is 10.1 Å². The average molecular weight is 330 g/mol. The van der Waals surface area contributed by atoms with Gasteiger partial charge in [0.05, 0.1) is 19.8 Å². The lowest BCUT2D eigenvalue weighted by molar-refractivity contribution is -0.147. The van der Waals surface area contributed by atoms with Crippen LogP contribution in [0, 0.1) is 0 Å². The summed E-state index contributed by atoms with van der Waals surface area (Å²) in [5, 5.41) is 4.53. The van der Waals surface area contributed by atoms with Gasteiger partial charge < -0.3 is 19.2 Å². The number of fused-ring (bicyclic) bond motifs is 3. The van der Waals surface area contributed by atoms with Gasteiger partial charge in [0.2, 0.25) is 0 Å². The van der Waals surface area contributed by atoms with Crippen molar-refractivity contribution >= 4 is 16.9 Å². The fraction of sp³-hybridized carbons (Fsp3) is 0.500. The molecule has 4 rings (SSSR count). The molecule has 2 aromatic rings. The molecular weight excluding hydrogens is 308 g/mol. The van der Waals surface area contributed by atoms with Gasteiger partial charge in [0.1, 0.15) is 12.1 Å². The molecule has 0 spiro atoms. The number of methoxy groups -OCH3 is 1. The standard InChI is InChI=1S/C18H22N2O4/c1-18(2)23-9-14(24-18)16-15-11(8-13(20-16)17(21)22-3)10-6-4-5-7-12(10)19-15/h4-7,13-14,16,19-20H,8-9H2,1-3H3/t13-,14-,16+/m0/s1. The van der Waals surface area contributed by atoms with Crippen LogP contribution in [0.3, 0.4) is 0 Å². The van der Waals surface area contributed by atoms with Crippen molar-refractivity contribution < 1.29 is 19.0 Å². The molecule has 3 heterocycles. The summed E-state index contributed by atoms with van der Waals surface area (Å²) in [4.78, 5) is 15.7. The molecule has 0 aliphatic carbocycles. The highest BCUT2D eigenvalue weighted by Gasteiger charge is 2.43. The van der Waals surface area contributed by atoms with Crippen LogP contribution in [0.25, 0.3) is 10.9 Å². The molecule has 6 heteroatoms. The first-order chi connectivity index (χ1) is 11.5. The molecular formula is C18H22N2O4. The molecule has 2 aliphatic rings. The van der Waals surface area contributed by atoms with Crippen molar-refractivity contribution in [3.05, 3.63) is 35.5 Å². The third kappa shape index (κ3) is 2.51. The van der Waals surface area contributed by atoms with Gasteiger partial charge >= 0.3 is 5.97 Å². The minimum atomic E-state index is -0.614. The van der Waals surface area contributed by atoms with E-state index in [-0.39, 0.29) is 24.2 Å². The number of para-hydroxylation sites is 1. The summed E-state index contributed by atoms with van der Waals surface area (Å²) >= 11 is 0. The lowest BCUT2D eigenvalue weighted by atomic mass is 9.91. The Kier molecular flexibility index (Phi) is 3.63. The topological polar surface area (TPSA) is 72.6 Å². The van der Waals surface area contributed by atoms with Crippen LogP contribution in [0.2, 0.25) is 0 Å². The van der Waals surface area contributed by atoms with E-state index >= 15 is 0 Å². The van der Waals surface area contributed by atoms with Gasteiger partial charge in [-0.05, 0) is 25.5 Å². The van der Waals surface area contributed by atoms with Crippen LogP contribution in [-0.4, -0.2) is 42.6 Å².